The molecule has 5 rings (SSSR count). The van der Waals surface area contributed by atoms with E-state index < -0.39 is 0 Å². The first-order chi connectivity index (χ1) is 13.2. The van der Waals surface area contributed by atoms with Crippen molar-refractivity contribution in [3.8, 4) is 5.69 Å². The van der Waals surface area contributed by atoms with E-state index >= 15 is 0 Å². The van der Waals surface area contributed by atoms with Gasteiger partial charge in [-0.1, -0.05) is 5.16 Å². The predicted molar refractivity (Wildman–Crippen MR) is 95.1 cm³/mol. The van der Waals surface area contributed by atoms with E-state index in [4.69, 9.17) is 4.52 Å². The minimum atomic E-state index is -0.275. The second kappa shape index (κ2) is 6.33. The maximum absolute atomic E-state index is 13.2. The maximum atomic E-state index is 13.2. The van der Waals surface area contributed by atoms with Crippen molar-refractivity contribution < 1.29 is 13.7 Å². The molecular formula is C20H19FN4O2. The van der Waals surface area contributed by atoms with Crippen LogP contribution in [0.4, 0.5) is 4.39 Å². The van der Waals surface area contributed by atoms with Crippen LogP contribution in [0.25, 0.3) is 5.69 Å². The molecule has 2 aromatic heterocycles. The smallest absolute Gasteiger partial charge is 0.273 e. The molecule has 0 radical (unpaired) electrons. The lowest BCUT2D eigenvalue weighted by molar-refractivity contribution is 0.0923. The van der Waals surface area contributed by atoms with Crippen molar-refractivity contribution in [2.75, 3.05) is 0 Å². The first-order valence-electron chi connectivity index (χ1n) is 9.29. The van der Waals surface area contributed by atoms with Crippen LogP contribution >= 0.6 is 0 Å². The van der Waals surface area contributed by atoms with Gasteiger partial charge in [-0.05, 0) is 56.4 Å². The highest BCUT2D eigenvalue weighted by Crippen LogP contribution is 2.40. The fraction of sp³-hybridized carbons (Fsp3) is 0.350. The first-order valence-corrected chi connectivity index (χ1v) is 9.29. The fourth-order valence-corrected chi connectivity index (χ4v) is 3.70. The predicted octanol–water partition coefficient (Wildman–Crippen LogP) is 3.68. The summed E-state index contributed by atoms with van der Waals surface area (Å²) < 4.78 is 20.3. The van der Waals surface area contributed by atoms with E-state index in [9.17, 15) is 9.18 Å². The van der Waals surface area contributed by atoms with Gasteiger partial charge >= 0.3 is 0 Å². The molecule has 2 aliphatic rings. The van der Waals surface area contributed by atoms with Crippen LogP contribution in [0.2, 0.25) is 0 Å². The number of carbonyl (C=O) groups is 1. The molecule has 7 heteroatoms. The normalized spacial score (nSPS) is 18.9. The Labute approximate surface area is 155 Å². The van der Waals surface area contributed by atoms with Gasteiger partial charge < -0.3 is 9.84 Å². The molecule has 6 nitrogen and oxygen atoms in total. The van der Waals surface area contributed by atoms with E-state index in [1.807, 2.05) is 4.68 Å². The molecule has 3 aromatic rings. The topological polar surface area (TPSA) is 73.0 Å². The molecule has 2 aliphatic carbocycles. The minimum Gasteiger partial charge on any atom is -0.360 e. The lowest BCUT2D eigenvalue weighted by Crippen LogP contribution is -2.31. The lowest BCUT2D eigenvalue weighted by atomic mass is 9.92. The Morgan fingerprint density at radius 1 is 1.22 bits per heavy atom. The fourth-order valence-electron chi connectivity index (χ4n) is 3.70. The summed E-state index contributed by atoms with van der Waals surface area (Å²) in [4.78, 5) is 12.6. The number of nitrogens with one attached hydrogen (secondary N) is 1. The Hall–Kier alpha value is -2.96. The average molecular weight is 366 g/mol. The van der Waals surface area contributed by atoms with Crippen LogP contribution in [-0.4, -0.2) is 20.8 Å². The van der Waals surface area contributed by atoms with Gasteiger partial charge in [0.05, 0.1) is 17.9 Å². The first kappa shape index (κ1) is 16.2. The Morgan fingerprint density at radius 2 is 2.04 bits per heavy atom. The molecule has 1 atom stereocenters. The zero-order valence-electron chi connectivity index (χ0n) is 14.7. The number of hydrogen-bond donors (Lipinski definition) is 1. The monoisotopic (exact) mass is 366 g/mol. The van der Waals surface area contributed by atoms with Crippen molar-refractivity contribution in [1.29, 1.82) is 0 Å². The van der Waals surface area contributed by atoms with Crippen LogP contribution in [0, 0.1) is 5.82 Å². The van der Waals surface area contributed by atoms with E-state index in [0.29, 0.717) is 11.6 Å². The van der Waals surface area contributed by atoms with E-state index in [2.05, 4.69) is 15.6 Å². The number of halogens is 1. The van der Waals surface area contributed by atoms with Crippen molar-refractivity contribution in [1.82, 2.24) is 20.3 Å². The van der Waals surface area contributed by atoms with Gasteiger partial charge in [-0.15, -0.1) is 0 Å². The highest BCUT2D eigenvalue weighted by atomic mass is 19.1. The van der Waals surface area contributed by atoms with Crippen molar-refractivity contribution in [3.63, 3.8) is 0 Å². The second-order valence-corrected chi connectivity index (χ2v) is 7.24. The molecule has 0 aliphatic heterocycles. The van der Waals surface area contributed by atoms with Gasteiger partial charge in [0.2, 0.25) is 0 Å². The van der Waals surface area contributed by atoms with Crippen LogP contribution in [0.1, 0.15) is 65.1 Å². The number of benzene rings is 1. The number of hydrogen-bond acceptors (Lipinski definition) is 4. The van der Waals surface area contributed by atoms with Gasteiger partial charge in [-0.3, -0.25) is 4.79 Å². The molecule has 27 heavy (non-hydrogen) atoms. The molecule has 0 saturated heterocycles. The Morgan fingerprint density at radius 3 is 2.81 bits per heavy atom. The average Bonchev–Trinajstić information content (AvgIpc) is 3.24. The minimum absolute atomic E-state index is 0.114. The van der Waals surface area contributed by atoms with Gasteiger partial charge in [0, 0.05) is 23.2 Å². The van der Waals surface area contributed by atoms with Gasteiger partial charge in [-0.25, -0.2) is 9.07 Å². The van der Waals surface area contributed by atoms with E-state index in [1.165, 1.54) is 12.1 Å². The largest absolute Gasteiger partial charge is 0.360 e. The van der Waals surface area contributed by atoms with Crippen molar-refractivity contribution in [3.05, 3.63) is 65.1 Å². The van der Waals surface area contributed by atoms with E-state index in [-0.39, 0.29) is 17.8 Å². The quantitative estimate of drug-likeness (QED) is 0.764. The number of nitrogens with zero attached hydrogens (tertiary/aromatic N) is 3. The highest BCUT2D eigenvalue weighted by molar-refractivity contribution is 5.92. The van der Waals surface area contributed by atoms with Gasteiger partial charge in [0.1, 0.15) is 11.6 Å². The number of carbonyl (C=O) groups excluding carboxylic acids is 1. The summed E-state index contributed by atoms with van der Waals surface area (Å²) in [6.45, 7) is 0. The zero-order valence-corrected chi connectivity index (χ0v) is 14.7. The lowest BCUT2D eigenvalue weighted by Gasteiger charge is -2.23. The summed E-state index contributed by atoms with van der Waals surface area (Å²) in [6, 6.07) is 7.90. The second-order valence-electron chi connectivity index (χ2n) is 7.24. The third kappa shape index (κ3) is 3.03. The SMILES string of the molecule is O=C(N[C@@H]1CCCc2c1cnn2-c1ccc(F)cc1)c1cc(C2CC2)on1. The van der Waals surface area contributed by atoms with Gasteiger partial charge in [-0.2, -0.15) is 5.10 Å². The molecule has 138 valence electrons. The molecule has 1 aromatic carbocycles. The molecule has 1 saturated carbocycles. The molecule has 1 fully saturated rings. The number of aromatic nitrogens is 3. The summed E-state index contributed by atoms with van der Waals surface area (Å²) in [5.41, 5.74) is 3.20. The summed E-state index contributed by atoms with van der Waals surface area (Å²) in [5.74, 6) is 0.726. The van der Waals surface area contributed by atoms with Crippen molar-refractivity contribution in [2.24, 2.45) is 0 Å². The van der Waals surface area contributed by atoms with Crippen LogP contribution in [0.3, 0.4) is 0 Å². The summed E-state index contributed by atoms with van der Waals surface area (Å²) in [5, 5.41) is 11.5. The standard InChI is InChI=1S/C20H19FN4O2/c21-13-6-8-14(9-7-13)25-18-3-1-2-16(15(18)11-22-25)23-20(26)17-10-19(27-24-17)12-4-5-12/h6-12,16H,1-5H2,(H,23,26)/t16-/m1/s1. The Kier molecular flexibility index (Phi) is 3.81. The molecule has 0 spiro atoms. The summed E-state index contributed by atoms with van der Waals surface area (Å²) in [7, 11) is 0. The number of amides is 1. The Bertz CT molecular complexity index is 988. The number of fused-ring (bicyclic) bond motifs is 1. The van der Waals surface area contributed by atoms with Gasteiger partial charge in [0.15, 0.2) is 5.69 Å². The summed E-state index contributed by atoms with van der Waals surface area (Å²) >= 11 is 0. The Balaban J connectivity index is 1.38. The van der Waals surface area contributed by atoms with Crippen LogP contribution in [-0.2, 0) is 6.42 Å². The molecule has 0 bridgehead atoms. The molecular weight excluding hydrogens is 347 g/mol. The van der Waals surface area contributed by atoms with Crippen LogP contribution in [0.5, 0.6) is 0 Å². The third-order valence-electron chi connectivity index (χ3n) is 5.30. The van der Waals surface area contributed by atoms with Crippen LogP contribution in [0.15, 0.2) is 41.1 Å². The molecule has 1 amide bonds. The molecule has 2 heterocycles. The molecule has 0 unspecified atom stereocenters. The van der Waals surface area contributed by atoms with E-state index in [0.717, 1.165) is 54.8 Å². The zero-order chi connectivity index (χ0) is 18.4. The summed E-state index contributed by atoms with van der Waals surface area (Å²) in [6.07, 6.45) is 6.66. The van der Waals surface area contributed by atoms with E-state index in [1.54, 1.807) is 24.4 Å². The highest BCUT2D eigenvalue weighted by Gasteiger charge is 2.30. The number of rotatable bonds is 4. The van der Waals surface area contributed by atoms with Gasteiger partial charge in [0.25, 0.3) is 5.91 Å². The maximum Gasteiger partial charge on any atom is 0.273 e. The van der Waals surface area contributed by atoms with Crippen molar-refractivity contribution >= 4 is 5.91 Å². The van der Waals surface area contributed by atoms with Crippen LogP contribution < -0.4 is 5.32 Å². The third-order valence-corrected chi connectivity index (χ3v) is 5.30. The van der Waals surface area contributed by atoms with Crippen molar-refractivity contribution in [2.45, 2.75) is 44.1 Å². The molecule has 1 N–H and O–H groups in total.